The number of anilines is 1. The van der Waals surface area contributed by atoms with Gasteiger partial charge in [-0.2, -0.15) is 13.2 Å². The molecule has 0 aromatic heterocycles. The molecule has 0 amide bonds. The van der Waals surface area contributed by atoms with Crippen LogP contribution in [0, 0.1) is 5.92 Å². The van der Waals surface area contributed by atoms with Crippen molar-refractivity contribution >= 4 is 5.69 Å². The fraction of sp³-hybridized carbons (Fsp3) is 0.571. The van der Waals surface area contributed by atoms with Gasteiger partial charge >= 0.3 is 6.18 Å². The molecule has 2 saturated heterocycles. The Bertz CT molecular complexity index is 441. The highest BCUT2D eigenvalue weighted by atomic mass is 19.4. The number of benzene rings is 1. The summed E-state index contributed by atoms with van der Waals surface area (Å²) in [6.45, 7) is 2.90. The Morgan fingerprint density at radius 3 is 2.53 bits per heavy atom. The van der Waals surface area contributed by atoms with E-state index in [9.17, 15) is 13.2 Å². The Balaban J connectivity index is 1.82. The summed E-state index contributed by atoms with van der Waals surface area (Å²) in [5, 5.41) is 3.38. The Kier molecular flexibility index (Phi) is 3.17. The van der Waals surface area contributed by atoms with E-state index in [1.807, 2.05) is 0 Å². The van der Waals surface area contributed by atoms with Crippen molar-refractivity contribution in [2.24, 2.45) is 5.92 Å². The van der Waals surface area contributed by atoms with E-state index in [0.717, 1.165) is 31.7 Å². The van der Waals surface area contributed by atoms with Crippen LogP contribution in [0.2, 0.25) is 0 Å². The number of rotatable bonds is 1. The van der Waals surface area contributed by atoms with Crippen LogP contribution in [0.3, 0.4) is 0 Å². The highest BCUT2D eigenvalue weighted by Gasteiger charge is 2.35. The lowest BCUT2D eigenvalue weighted by atomic mass is 9.91. The monoisotopic (exact) mass is 270 g/mol. The summed E-state index contributed by atoms with van der Waals surface area (Å²) >= 11 is 0. The van der Waals surface area contributed by atoms with Crippen molar-refractivity contribution in [3.8, 4) is 0 Å². The third-order valence-corrected chi connectivity index (χ3v) is 4.20. The molecule has 0 radical (unpaired) electrons. The summed E-state index contributed by atoms with van der Waals surface area (Å²) in [4.78, 5) is 2.26. The smallest absolute Gasteiger partial charge is 0.367 e. The van der Waals surface area contributed by atoms with Gasteiger partial charge in [0.1, 0.15) is 0 Å². The lowest BCUT2D eigenvalue weighted by Gasteiger charge is -2.39. The van der Waals surface area contributed by atoms with Gasteiger partial charge in [0.05, 0.1) is 5.56 Å². The topological polar surface area (TPSA) is 15.3 Å². The summed E-state index contributed by atoms with van der Waals surface area (Å²) < 4.78 is 37.7. The molecule has 2 nitrogen and oxygen atoms in total. The third-order valence-electron chi connectivity index (χ3n) is 4.20. The van der Waals surface area contributed by atoms with Crippen LogP contribution in [0.4, 0.5) is 18.9 Å². The number of hydrogen-bond acceptors (Lipinski definition) is 2. The van der Waals surface area contributed by atoms with Crippen molar-refractivity contribution in [2.45, 2.75) is 25.1 Å². The molecule has 2 heterocycles. The number of nitrogens with one attached hydrogen (secondary N) is 1. The van der Waals surface area contributed by atoms with Crippen molar-refractivity contribution in [1.82, 2.24) is 5.32 Å². The first-order valence-corrected chi connectivity index (χ1v) is 6.70. The van der Waals surface area contributed by atoms with Gasteiger partial charge in [0.15, 0.2) is 0 Å². The second-order valence-electron chi connectivity index (χ2n) is 5.37. The van der Waals surface area contributed by atoms with Crippen LogP contribution in [0.5, 0.6) is 0 Å². The fourth-order valence-corrected chi connectivity index (χ4v) is 3.23. The van der Waals surface area contributed by atoms with Crippen molar-refractivity contribution in [3.05, 3.63) is 29.8 Å². The van der Waals surface area contributed by atoms with Crippen LogP contribution in [-0.2, 0) is 6.18 Å². The van der Waals surface area contributed by atoms with Crippen LogP contribution in [0.15, 0.2) is 24.3 Å². The molecule has 1 N–H and O–H groups in total. The van der Waals surface area contributed by atoms with E-state index >= 15 is 0 Å². The minimum Gasteiger partial charge on any atom is -0.367 e. The first-order valence-electron chi connectivity index (χ1n) is 6.70. The Labute approximate surface area is 110 Å². The minimum absolute atomic E-state index is 0.436. The quantitative estimate of drug-likeness (QED) is 0.844. The summed E-state index contributed by atoms with van der Waals surface area (Å²) in [7, 11) is 0. The maximum Gasteiger partial charge on any atom is 0.416 e. The number of fused-ring (bicyclic) bond motifs is 1. The molecule has 2 fully saturated rings. The molecule has 2 aliphatic heterocycles. The molecule has 2 atom stereocenters. The van der Waals surface area contributed by atoms with Gasteiger partial charge in [0, 0.05) is 31.4 Å². The molecular weight excluding hydrogens is 253 g/mol. The Morgan fingerprint density at radius 2 is 1.84 bits per heavy atom. The Morgan fingerprint density at radius 1 is 1.11 bits per heavy atom. The summed E-state index contributed by atoms with van der Waals surface area (Å²) in [5.41, 5.74) is 0.334. The van der Waals surface area contributed by atoms with E-state index in [1.54, 1.807) is 12.1 Å². The first-order chi connectivity index (χ1) is 9.05. The van der Waals surface area contributed by atoms with Crippen LogP contribution in [-0.4, -0.2) is 25.7 Å². The SMILES string of the molecule is FC(F)(F)c1ccc(N2CCCC3CNCC32)cc1. The van der Waals surface area contributed by atoms with Crippen LogP contribution >= 0.6 is 0 Å². The number of hydrogen-bond donors (Lipinski definition) is 1. The highest BCUT2D eigenvalue weighted by Crippen LogP contribution is 2.34. The zero-order chi connectivity index (χ0) is 13.5. The summed E-state index contributed by atoms with van der Waals surface area (Å²) in [6, 6.07) is 6.00. The van der Waals surface area contributed by atoms with Gasteiger partial charge in [-0.25, -0.2) is 0 Å². The third kappa shape index (κ3) is 2.43. The molecule has 3 rings (SSSR count). The predicted octanol–water partition coefficient (Wildman–Crippen LogP) is 2.89. The average molecular weight is 270 g/mol. The fourth-order valence-electron chi connectivity index (χ4n) is 3.23. The van der Waals surface area contributed by atoms with E-state index in [4.69, 9.17) is 0 Å². The number of piperidine rings is 1. The van der Waals surface area contributed by atoms with Crippen molar-refractivity contribution in [1.29, 1.82) is 0 Å². The summed E-state index contributed by atoms with van der Waals surface area (Å²) in [5.74, 6) is 0.635. The van der Waals surface area contributed by atoms with Gasteiger partial charge in [-0.3, -0.25) is 0 Å². The summed E-state index contributed by atoms with van der Waals surface area (Å²) in [6.07, 6.45) is -1.92. The minimum atomic E-state index is -4.25. The van der Waals surface area contributed by atoms with Gasteiger partial charge in [-0.05, 0) is 43.0 Å². The van der Waals surface area contributed by atoms with Crippen molar-refractivity contribution < 1.29 is 13.2 Å². The molecule has 1 aromatic carbocycles. The molecule has 19 heavy (non-hydrogen) atoms. The first kappa shape index (κ1) is 12.8. The molecule has 0 bridgehead atoms. The largest absolute Gasteiger partial charge is 0.416 e. The molecule has 0 aliphatic carbocycles. The molecule has 0 spiro atoms. The lowest BCUT2D eigenvalue weighted by Crippen LogP contribution is -2.45. The van der Waals surface area contributed by atoms with E-state index < -0.39 is 11.7 Å². The molecule has 0 saturated carbocycles. The van der Waals surface area contributed by atoms with Crippen molar-refractivity contribution in [3.63, 3.8) is 0 Å². The van der Waals surface area contributed by atoms with Gasteiger partial charge in [0.25, 0.3) is 0 Å². The molecule has 2 unspecified atom stereocenters. The highest BCUT2D eigenvalue weighted by molar-refractivity contribution is 5.50. The van der Waals surface area contributed by atoms with Gasteiger partial charge < -0.3 is 10.2 Å². The lowest BCUT2D eigenvalue weighted by molar-refractivity contribution is -0.137. The zero-order valence-corrected chi connectivity index (χ0v) is 10.6. The number of halogens is 3. The van der Waals surface area contributed by atoms with Crippen LogP contribution in [0.1, 0.15) is 18.4 Å². The number of nitrogens with zero attached hydrogens (tertiary/aromatic N) is 1. The standard InChI is InChI=1S/C14H17F3N2/c15-14(16,17)11-3-5-12(6-4-11)19-7-1-2-10-8-18-9-13(10)19/h3-6,10,13,18H,1-2,7-9H2. The van der Waals surface area contributed by atoms with E-state index in [-0.39, 0.29) is 0 Å². The van der Waals surface area contributed by atoms with Gasteiger partial charge in [-0.15, -0.1) is 0 Å². The predicted molar refractivity (Wildman–Crippen MR) is 68.2 cm³/mol. The van der Waals surface area contributed by atoms with Crippen molar-refractivity contribution in [2.75, 3.05) is 24.5 Å². The van der Waals surface area contributed by atoms with E-state index in [1.165, 1.54) is 18.6 Å². The molecule has 2 aliphatic rings. The van der Waals surface area contributed by atoms with E-state index in [2.05, 4.69) is 10.2 Å². The maximum atomic E-state index is 12.6. The zero-order valence-electron chi connectivity index (χ0n) is 10.6. The maximum absolute atomic E-state index is 12.6. The molecular formula is C14H17F3N2. The van der Waals surface area contributed by atoms with Gasteiger partial charge in [-0.1, -0.05) is 0 Å². The Hall–Kier alpha value is -1.23. The van der Waals surface area contributed by atoms with E-state index in [0.29, 0.717) is 12.0 Å². The molecule has 104 valence electrons. The number of alkyl halides is 3. The molecule has 5 heteroatoms. The van der Waals surface area contributed by atoms with Crippen LogP contribution < -0.4 is 10.2 Å². The molecule has 1 aromatic rings. The van der Waals surface area contributed by atoms with Gasteiger partial charge in [0.2, 0.25) is 0 Å². The normalized spacial score (nSPS) is 27.4. The van der Waals surface area contributed by atoms with Crippen LogP contribution in [0.25, 0.3) is 0 Å². The second-order valence-corrected chi connectivity index (χ2v) is 5.37. The second kappa shape index (κ2) is 4.71. The average Bonchev–Trinajstić information content (AvgIpc) is 2.86.